The number of rotatable bonds is 5. The molecule has 1 amide bonds. The van der Waals surface area contributed by atoms with Gasteiger partial charge in [-0.05, 0) is 30.5 Å². The maximum atomic E-state index is 12.6. The van der Waals surface area contributed by atoms with Crippen molar-refractivity contribution in [3.63, 3.8) is 0 Å². The van der Waals surface area contributed by atoms with E-state index < -0.39 is 0 Å². The summed E-state index contributed by atoms with van der Waals surface area (Å²) in [6.45, 7) is 1.93. The number of carbonyl (C=O) groups is 2. The molecule has 1 aliphatic rings. The van der Waals surface area contributed by atoms with Crippen LogP contribution in [0.15, 0.2) is 54.6 Å². The molecule has 0 bridgehead atoms. The quantitative estimate of drug-likeness (QED) is 0.858. The predicted molar refractivity (Wildman–Crippen MR) is 93.9 cm³/mol. The number of nitrogens with one attached hydrogen (secondary N) is 1. The lowest BCUT2D eigenvalue weighted by molar-refractivity contribution is 0.0813. The molecule has 2 aromatic carbocycles. The summed E-state index contributed by atoms with van der Waals surface area (Å²) in [7, 11) is 0. The van der Waals surface area contributed by atoms with Gasteiger partial charge in [0.15, 0.2) is 0 Å². The Bertz CT molecular complexity index is 677. The summed E-state index contributed by atoms with van der Waals surface area (Å²) in [5.41, 5.74) is 2.31. The van der Waals surface area contributed by atoms with E-state index in [0.717, 1.165) is 37.8 Å². The van der Waals surface area contributed by atoms with Gasteiger partial charge < -0.3 is 5.32 Å². The van der Waals surface area contributed by atoms with Crippen molar-refractivity contribution in [2.24, 2.45) is 0 Å². The summed E-state index contributed by atoms with van der Waals surface area (Å²) in [6, 6.07) is 16.7. The fraction of sp³-hybridized carbons (Fsp3) is 0.300. The molecule has 4 heteroatoms. The lowest BCUT2D eigenvalue weighted by Crippen LogP contribution is -2.43. The second-order valence-electron chi connectivity index (χ2n) is 6.12. The van der Waals surface area contributed by atoms with E-state index in [9.17, 15) is 9.59 Å². The molecule has 3 rings (SSSR count). The van der Waals surface area contributed by atoms with Crippen LogP contribution in [-0.4, -0.2) is 30.2 Å². The second-order valence-corrected chi connectivity index (χ2v) is 6.12. The zero-order valence-corrected chi connectivity index (χ0v) is 13.7. The average molecular weight is 322 g/mol. The Morgan fingerprint density at radius 3 is 2.25 bits per heavy atom. The highest BCUT2D eigenvalue weighted by Gasteiger charge is 2.24. The van der Waals surface area contributed by atoms with Gasteiger partial charge in [-0.15, -0.1) is 0 Å². The Morgan fingerprint density at radius 2 is 1.62 bits per heavy atom. The number of piperidine rings is 1. The van der Waals surface area contributed by atoms with Crippen molar-refractivity contribution < 1.29 is 9.59 Å². The minimum absolute atomic E-state index is 0.0781. The highest BCUT2D eigenvalue weighted by Crippen LogP contribution is 2.23. The standard InChI is InChI=1S/C20H22N2O2/c23-15-16-9-11-17(12-10-16)19(22-13-5-2-6-14-22)21-20(24)18-7-3-1-4-8-18/h1,3-4,7-12,15,19H,2,5-6,13-14H2,(H,21,24). The molecule has 0 radical (unpaired) electrons. The maximum absolute atomic E-state index is 12.6. The highest BCUT2D eigenvalue weighted by atomic mass is 16.1. The van der Waals surface area contributed by atoms with Gasteiger partial charge in [-0.1, -0.05) is 48.9 Å². The third-order valence-electron chi connectivity index (χ3n) is 4.45. The first-order valence-corrected chi connectivity index (χ1v) is 8.43. The van der Waals surface area contributed by atoms with Crippen LogP contribution in [0.1, 0.15) is 51.7 Å². The molecule has 1 fully saturated rings. The van der Waals surface area contributed by atoms with Crippen molar-refractivity contribution in [2.75, 3.05) is 13.1 Å². The van der Waals surface area contributed by atoms with Crippen molar-refractivity contribution in [3.05, 3.63) is 71.3 Å². The Balaban J connectivity index is 1.83. The number of hydrogen-bond donors (Lipinski definition) is 1. The normalized spacial score (nSPS) is 16.3. The molecule has 4 nitrogen and oxygen atoms in total. The van der Waals surface area contributed by atoms with E-state index in [1.165, 1.54) is 6.42 Å². The van der Waals surface area contributed by atoms with Crippen molar-refractivity contribution >= 4 is 12.2 Å². The largest absolute Gasteiger partial charge is 0.332 e. The molecule has 1 saturated heterocycles. The van der Waals surface area contributed by atoms with E-state index in [-0.39, 0.29) is 12.1 Å². The number of amides is 1. The molecule has 1 heterocycles. The number of carbonyl (C=O) groups excluding carboxylic acids is 2. The first-order chi connectivity index (χ1) is 11.8. The van der Waals surface area contributed by atoms with Crippen LogP contribution in [-0.2, 0) is 0 Å². The second kappa shape index (κ2) is 7.88. The van der Waals surface area contributed by atoms with Gasteiger partial charge in [-0.2, -0.15) is 0 Å². The monoisotopic (exact) mass is 322 g/mol. The van der Waals surface area contributed by atoms with E-state index in [1.807, 2.05) is 42.5 Å². The fourth-order valence-corrected chi connectivity index (χ4v) is 3.12. The molecule has 0 aliphatic carbocycles. The van der Waals surface area contributed by atoms with Gasteiger partial charge in [0.2, 0.25) is 0 Å². The summed E-state index contributed by atoms with van der Waals surface area (Å²) < 4.78 is 0. The summed E-state index contributed by atoms with van der Waals surface area (Å²) in [5, 5.41) is 3.16. The minimum atomic E-state index is -0.168. The van der Waals surface area contributed by atoms with Crippen molar-refractivity contribution in [1.82, 2.24) is 10.2 Å². The molecule has 124 valence electrons. The number of nitrogens with zero attached hydrogens (tertiary/aromatic N) is 1. The first-order valence-electron chi connectivity index (χ1n) is 8.43. The van der Waals surface area contributed by atoms with Gasteiger partial charge >= 0.3 is 0 Å². The number of benzene rings is 2. The van der Waals surface area contributed by atoms with Crippen LogP contribution in [0.3, 0.4) is 0 Å². The molecule has 1 unspecified atom stereocenters. The van der Waals surface area contributed by atoms with Gasteiger partial charge in [0.05, 0.1) is 0 Å². The average Bonchev–Trinajstić information content (AvgIpc) is 2.67. The lowest BCUT2D eigenvalue weighted by atomic mass is 10.0. The van der Waals surface area contributed by atoms with E-state index >= 15 is 0 Å². The van der Waals surface area contributed by atoms with Crippen molar-refractivity contribution in [1.29, 1.82) is 0 Å². The Kier molecular flexibility index (Phi) is 5.39. The predicted octanol–water partition coefficient (Wildman–Crippen LogP) is 3.41. The van der Waals surface area contributed by atoms with E-state index in [1.54, 1.807) is 12.1 Å². The molecule has 1 aliphatic heterocycles. The van der Waals surface area contributed by atoms with Crippen molar-refractivity contribution in [2.45, 2.75) is 25.4 Å². The molecule has 1 atom stereocenters. The number of aldehydes is 1. The smallest absolute Gasteiger partial charge is 0.252 e. The first kappa shape index (κ1) is 16.4. The summed E-state index contributed by atoms with van der Waals surface area (Å²) >= 11 is 0. The topological polar surface area (TPSA) is 49.4 Å². The van der Waals surface area contributed by atoms with Crippen molar-refractivity contribution in [3.8, 4) is 0 Å². The van der Waals surface area contributed by atoms with Crippen LogP contribution in [0, 0.1) is 0 Å². The number of likely N-dealkylation sites (tertiary alicyclic amines) is 1. The Hall–Kier alpha value is -2.46. The van der Waals surface area contributed by atoms with Crippen LogP contribution >= 0.6 is 0 Å². The summed E-state index contributed by atoms with van der Waals surface area (Å²) in [5.74, 6) is -0.0781. The lowest BCUT2D eigenvalue weighted by Gasteiger charge is -2.35. The Morgan fingerprint density at radius 1 is 0.958 bits per heavy atom. The minimum Gasteiger partial charge on any atom is -0.332 e. The third kappa shape index (κ3) is 3.89. The molecule has 1 N–H and O–H groups in total. The molecule has 0 spiro atoms. The van der Waals surface area contributed by atoms with Crippen LogP contribution in [0.5, 0.6) is 0 Å². The molecule has 24 heavy (non-hydrogen) atoms. The molecular weight excluding hydrogens is 300 g/mol. The fourth-order valence-electron chi connectivity index (χ4n) is 3.12. The van der Waals surface area contributed by atoms with Crippen LogP contribution in [0.2, 0.25) is 0 Å². The molecule has 0 aromatic heterocycles. The number of hydrogen-bond acceptors (Lipinski definition) is 3. The van der Waals surface area contributed by atoms with Gasteiger partial charge in [0.1, 0.15) is 12.5 Å². The zero-order valence-electron chi connectivity index (χ0n) is 13.7. The summed E-state index contributed by atoms with van der Waals surface area (Å²) in [6.07, 6.45) is 4.19. The SMILES string of the molecule is O=Cc1ccc(C(NC(=O)c2ccccc2)N2CCCCC2)cc1. The van der Waals surface area contributed by atoms with Crippen LogP contribution in [0.25, 0.3) is 0 Å². The van der Waals surface area contributed by atoms with Gasteiger partial charge in [-0.25, -0.2) is 0 Å². The summed E-state index contributed by atoms with van der Waals surface area (Å²) in [4.78, 5) is 25.8. The van der Waals surface area contributed by atoms with E-state index in [0.29, 0.717) is 11.1 Å². The van der Waals surface area contributed by atoms with Gasteiger partial charge in [0.25, 0.3) is 5.91 Å². The maximum Gasteiger partial charge on any atom is 0.252 e. The molecule has 2 aromatic rings. The third-order valence-corrected chi connectivity index (χ3v) is 4.45. The Labute approximate surface area is 142 Å². The van der Waals surface area contributed by atoms with Crippen LogP contribution < -0.4 is 5.32 Å². The van der Waals surface area contributed by atoms with E-state index in [4.69, 9.17) is 0 Å². The van der Waals surface area contributed by atoms with Gasteiger partial charge in [-0.3, -0.25) is 14.5 Å². The van der Waals surface area contributed by atoms with Crippen LogP contribution in [0.4, 0.5) is 0 Å². The highest BCUT2D eigenvalue weighted by molar-refractivity contribution is 5.94. The molecular formula is C20H22N2O2. The molecule has 0 saturated carbocycles. The van der Waals surface area contributed by atoms with Gasteiger partial charge in [0, 0.05) is 24.2 Å². The zero-order chi connectivity index (χ0) is 16.8. The van der Waals surface area contributed by atoms with E-state index in [2.05, 4.69) is 10.2 Å².